The lowest BCUT2D eigenvalue weighted by Crippen LogP contribution is -1.81. The third kappa shape index (κ3) is 2.49. The minimum Gasteiger partial charge on any atom is -0.508 e. The molecule has 0 spiro atoms. The molecule has 2 aromatic rings. The van der Waals surface area contributed by atoms with Crippen molar-refractivity contribution in [3.8, 4) is 16.9 Å². The van der Waals surface area contributed by atoms with Gasteiger partial charge in [-0.1, -0.05) is 29.3 Å². The van der Waals surface area contributed by atoms with Crippen molar-refractivity contribution in [1.29, 1.82) is 0 Å². The zero-order valence-corrected chi connectivity index (χ0v) is 10.2. The summed E-state index contributed by atoms with van der Waals surface area (Å²) in [6, 6.07) is 10.7. The van der Waals surface area contributed by atoms with Gasteiger partial charge in [-0.2, -0.15) is 0 Å². The summed E-state index contributed by atoms with van der Waals surface area (Å²) in [5, 5.41) is 10.7. The van der Waals surface area contributed by atoms with Crippen LogP contribution in [0.15, 0.2) is 36.4 Å². The maximum atomic E-state index is 9.53. The van der Waals surface area contributed by atoms with Crippen molar-refractivity contribution in [3.05, 3.63) is 52.0 Å². The maximum Gasteiger partial charge on any atom is 0.116 e. The third-order valence-corrected chi connectivity index (χ3v) is 2.69. The molecule has 1 nitrogen and oxygen atoms in total. The first-order chi connectivity index (χ1) is 7.54. The SMILES string of the molecule is Cc1cc(O)cc(-c2cc(Cl)cc(Cl)c2)c1. The van der Waals surface area contributed by atoms with Crippen molar-refractivity contribution >= 4 is 23.2 Å². The Morgan fingerprint density at radius 1 is 0.812 bits per heavy atom. The molecule has 2 aromatic carbocycles. The van der Waals surface area contributed by atoms with E-state index in [9.17, 15) is 5.11 Å². The molecule has 0 radical (unpaired) electrons. The molecule has 0 fully saturated rings. The van der Waals surface area contributed by atoms with Gasteiger partial charge in [0.25, 0.3) is 0 Å². The lowest BCUT2D eigenvalue weighted by atomic mass is 10.0. The van der Waals surface area contributed by atoms with Gasteiger partial charge < -0.3 is 5.11 Å². The molecule has 16 heavy (non-hydrogen) atoms. The summed E-state index contributed by atoms with van der Waals surface area (Å²) in [4.78, 5) is 0. The zero-order valence-electron chi connectivity index (χ0n) is 8.67. The fraction of sp³-hybridized carbons (Fsp3) is 0.0769. The summed E-state index contributed by atoms with van der Waals surface area (Å²) in [7, 11) is 0. The molecule has 0 amide bonds. The molecule has 82 valence electrons. The number of rotatable bonds is 1. The van der Waals surface area contributed by atoms with Gasteiger partial charge in [0.05, 0.1) is 0 Å². The van der Waals surface area contributed by atoms with Gasteiger partial charge in [0.15, 0.2) is 0 Å². The molecule has 3 heteroatoms. The highest BCUT2D eigenvalue weighted by Gasteiger charge is 2.03. The molecular weight excluding hydrogens is 243 g/mol. The van der Waals surface area contributed by atoms with Crippen LogP contribution in [0.2, 0.25) is 10.0 Å². The minimum absolute atomic E-state index is 0.242. The van der Waals surface area contributed by atoms with Gasteiger partial charge in [-0.05, 0) is 53.9 Å². The number of phenolic OH excluding ortho intramolecular Hbond substituents is 1. The Bertz CT molecular complexity index is 445. The highest BCUT2D eigenvalue weighted by Crippen LogP contribution is 2.29. The van der Waals surface area contributed by atoms with E-state index in [1.54, 1.807) is 18.2 Å². The summed E-state index contributed by atoms with van der Waals surface area (Å²) < 4.78 is 0. The predicted molar refractivity (Wildman–Crippen MR) is 68.3 cm³/mol. The lowest BCUT2D eigenvalue weighted by molar-refractivity contribution is 0.475. The summed E-state index contributed by atoms with van der Waals surface area (Å²) in [5.41, 5.74) is 2.80. The normalized spacial score (nSPS) is 10.4. The number of aromatic hydroxyl groups is 1. The Hall–Kier alpha value is -1.18. The van der Waals surface area contributed by atoms with Crippen LogP contribution in [0.5, 0.6) is 5.75 Å². The van der Waals surface area contributed by atoms with Gasteiger partial charge in [0, 0.05) is 10.0 Å². The van der Waals surface area contributed by atoms with E-state index < -0.39 is 0 Å². The average Bonchev–Trinajstić information content (AvgIpc) is 2.14. The number of hydrogen-bond donors (Lipinski definition) is 1. The average molecular weight is 253 g/mol. The molecule has 1 N–H and O–H groups in total. The Morgan fingerprint density at radius 3 is 1.94 bits per heavy atom. The van der Waals surface area contributed by atoms with Crippen molar-refractivity contribution in [2.24, 2.45) is 0 Å². The fourth-order valence-electron chi connectivity index (χ4n) is 1.65. The van der Waals surface area contributed by atoms with Crippen LogP contribution in [0.25, 0.3) is 11.1 Å². The highest BCUT2D eigenvalue weighted by atomic mass is 35.5. The second-order valence-corrected chi connectivity index (χ2v) is 4.59. The molecule has 2 rings (SSSR count). The van der Waals surface area contributed by atoms with Crippen molar-refractivity contribution in [2.75, 3.05) is 0 Å². The first kappa shape index (κ1) is 11.3. The summed E-state index contributed by atoms with van der Waals surface area (Å²) in [5.74, 6) is 0.242. The third-order valence-electron chi connectivity index (χ3n) is 2.26. The van der Waals surface area contributed by atoms with E-state index in [-0.39, 0.29) is 5.75 Å². The quantitative estimate of drug-likeness (QED) is 0.782. The van der Waals surface area contributed by atoms with E-state index in [2.05, 4.69) is 0 Å². The second kappa shape index (κ2) is 4.36. The molecule has 0 saturated carbocycles. The van der Waals surface area contributed by atoms with E-state index >= 15 is 0 Å². The van der Waals surface area contributed by atoms with Crippen LogP contribution in [0.3, 0.4) is 0 Å². The number of aryl methyl sites for hydroxylation is 1. The van der Waals surface area contributed by atoms with E-state index in [1.165, 1.54) is 0 Å². The molecule has 0 aliphatic rings. The smallest absolute Gasteiger partial charge is 0.116 e. The van der Waals surface area contributed by atoms with E-state index in [0.717, 1.165) is 16.7 Å². The Balaban J connectivity index is 2.57. The molecule has 0 heterocycles. The topological polar surface area (TPSA) is 20.2 Å². The van der Waals surface area contributed by atoms with E-state index in [1.807, 2.05) is 25.1 Å². The van der Waals surface area contributed by atoms with Crippen molar-refractivity contribution in [2.45, 2.75) is 6.92 Å². The molecule has 0 aliphatic carbocycles. The molecular formula is C13H10Cl2O. The van der Waals surface area contributed by atoms with Gasteiger partial charge in [0.1, 0.15) is 5.75 Å². The van der Waals surface area contributed by atoms with Gasteiger partial charge in [-0.3, -0.25) is 0 Å². The standard InChI is InChI=1S/C13H10Cl2O/c1-8-2-9(6-13(16)3-8)10-4-11(14)7-12(15)5-10/h2-7,16H,1H3. The number of benzene rings is 2. The van der Waals surface area contributed by atoms with Gasteiger partial charge in [0.2, 0.25) is 0 Å². The number of hydrogen-bond acceptors (Lipinski definition) is 1. The molecule has 0 bridgehead atoms. The van der Waals surface area contributed by atoms with E-state index in [4.69, 9.17) is 23.2 Å². The van der Waals surface area contributed by atoms with Crippen molar-refractivity contribution in [3.63, 3.8) is 0 Å². The zero-order chi connectivity index (χ0) is 11.7. The molecule has 0 aromatic heterocycles. The first-order valence-corrected chi connectivity index (χ1v) is 5.57. The van der Waals surface area contributed by atoms with Gasteiger partial charge in [-0.25, -0.2) is 0 Å². The summed E-state index contributed by atoms with van der Waals surface area (Å²) >= 11 is 11.9. The minimum atomic E-state index is 0.242. The van der Waals surface area contributed by atoms with Gasteiger partial charge >= 0.3 is 0 Å². The Labute approximate surface area is 104 Å². The van der Waals surface area contributed by atoms with Crippen LogP contribution >= 0.6 is 23.2 Å². The van der Waals surface area contributed by atoms with Crippen LogP contribution in [0.4, 0.5) is 0 Å². The molecule has 0 atom stereocenters. The fourth-order valence-corrected chi connectivity index (χ4v) is 2.18. The van der Waals surface area contributed by atoms with Crippen LogP contribution < -0.4 is 0 Å². The van der Waals surface area contributed by atoms with Gasteiger partial charge in [-0.15, -0.1) is 0 Å². The monoisotopic (exact) mass is 252 g/mol. The summed E-state index contributed by atoms with van der Waals surface area (Å²) in [6.07, 6.45) is 0. The maximum absolute atomic E-state index is 9.53. The van der Waals surface area contributed by atoms with Crippen LogP contribution in [-0.4, -0.2) is 5.11 Å². The lowest BCUT2D eigenvalue weighted by Gasteiger charge is -2.05. The Morgan fingerprint density at radius 2 is 1.38 bits per heavy atom. The molecule has 0 saturated heterocycles. The first-order valence-electron chi connectivity index (χ1n) is 4.82. The largest absolute Gasteiger partial charge is 0.508 e. The predicted octanol–water partition coefficient (Wildman–Crippen LogP) is 4.67. The van der Waals surface area contributed by atoms with Crippen LogP contribution in [-0.2, 0) is 0 Å². The number of phenols is 1. The highest BCUT2D eigenvalue weighted by molar-refractivity contribution is 6.35. The van der Waals surface area contributed by atoms with E-state index in [0.29, 0.717) is 10.0 Å². The van der Waals surface area contributed by atoms with Crippen LogP contribution in [0.1, 0.15) is 5.56 Å². The van der Waals surface area contributed by atoms with Crippen molar-refractivity contribution in [1.82, 2.24) is 0 Å². The van der Waals surface area contributed by atoms with Crippen LogP contribution in [0, 0.1) is 6.92 Å². The summed E-state index contributed by atoms with van der Waals surface area (Å²) in [6.45, 7) is 1.93. The number of halogens is 2. The molecule has 0 unspecified atom stereocenters. The Kier molecular flexibility index (Phi) is 3.08. The van der Waals surface area contributed by atoms with Crippen molar-refractivity contribution < 1.29 is 5.11 Å². The molecule has 0 aliphatic heterocycles. The second-order valence-electron chi connectivity index (χ2n) is 3.72.